The lowest BCUT2D eigenvalue weighted by Crippen LogP contribution is -2.47. The number of aliphatic hydroxyl groups is 1. The normalized spacial score (nSPS) is 12.8. The van der Waals surface area contributed by atoms with Crippen molar-refractivity contribution in [2.75, 3.05) is 13.7 Å². The zero-order chi connectivity index (χ0) is 18.1. The van der Waals surface area contributed by atoms with Gasteiger partial charge in [-0.1, -0.05) is 32.4 Å². The summed E-state index contributed by atoms with van der Waals surface area (Å²) >= 11 is 0. The zero-order valence-corrected chi connectivity index (χ0v) is 14.1. The smallest absolute Gasteiger partial charge is 0.338 e. The highest BCUT2D eigenvalue weighted by atomic mass is 16.5. The second-order valence-electron chi connectivity index (χ2n) is 5.39. The SMILES string of the molecule is CCC(C)C(NC(=O)COC(=O)c1ccc(CO)cc1)C(=O)OC. The molecule has 1 aromatic carbocycles. The first-order valence-corrected chi connectivity index (χ1v) is 7.67. The fourth-order valence-corrected chi connectivity index (χ4v) is 1.97. The number of carbonyl (C=O) groups is 3. The highest BCUT2D eigenvalue weighted by Crippen LogP contribution is 2.09. The molecule has 2 atom stereocenters. The fourth-order valence-electron chi connectivity index (χ4n) is 1.97. The molecule has 2 N–H and O–H groups in total. The number of methoxy groups -OCH3 is 1. The number of rotatable bonds is 8. The van der Waals surface area contributed by atoms with E-state index >= 15 is 0 Å². The molecule has 1 amide bonds. The minimum Gasteiger partial charge on any atom is -0.467 e. The van der Waals surface area contributed by atoms with Gasteiger partial charge in [-0.05, 0) is 23.6 Å². The van der Waals surface area contributed by atoms with Gasteiger partial charge in [0.05, 0.1) is 19.3 Å². The van der Waals surface area contributed by atoms with Crippen LogP contribution in [0.4, 0.5) is 0 Å². The van der Waals surface area contributed by atoms with Gasteiger partial charge < -0.3 is 19.9 Å². The van der Waals surface area contributed by atoms with Gasteiger partial charge in [0.15, 0.2) is 6.61 Å². The van der Waals surface area contributed by atoms with Crippen LogP contribution in [0.1, 0.15) is 36.2 Å². The topological polar surface area (TPSA) is 102 Å². The van der Waals surface area contributed by atoms with E-state index in [1.807, 2.05) is 13.8 Å². The lowest BCUT2D eigenvalue weighted by Gasteiger charge is -2.21. The van der Waals surface area contributed by atoms with Crippen molar-refractivity contribution in [2.45, 2.75) is 32.9 Å². The molecule has 0 fully saturated rings. The minimum absolute atomic E-state index is 0.108. The van der Waals surface area contributed by atoms with Crippen molar-refractivity contribution >= 4 is 17.8 Å². The average molecular weight is 337 g/mol. The summed E-state index contributed by atoms with van der Waals surface area (Å²) in [5.41, 5.74) is 0.935. The molecule has 0 aliphatic heterocycles. The molecule has 0 saturated carbocycles. The Labute approximate surface area is 141 Å². The molecule has 0 aliphatic rings. The van der Waals surface area contributed by atoms with E-state index in [9.17, 15) is 14.4 Å². The maximum atomic E-state index is 11.9. The predicted octanol–water partition coefficient (Wildman–Crippen LogP) is 1.04. The number of hydrogen-bond acceptors (Lipinski definition) is 6. The molecule has 24 heavy (non-hydrogen) atoms. The lowest BCUT2D eigenvalue weighted by atomic mass is 9.99. The van der Waals surface area contributed by atoms with Crippen LogP contribution in [0.3, 0.4) is 0 Å². The summed E-state index contributed by atoms with van der Waals surface area (Å²) in [5, 5.41) is 11.5. The summed E-state index contributed by atoms with van der Waals surface area (Å²) in [6.45, 7) is 3.09. The van der Waals surface area contributed by atoms with Crippen LogP contribution in [0.2, 0.25) is 0 Å². The van der Waals surface area contributed by atoms with Crippen LogP contribution < -0.4 is 5.32 Å². The Bertz CT molecular complexity index is 569. The molecular formula is C17H23NO6. The third kappa shape index (κ3) is 5.66. The van der Waals surface area contributed by atoms with Crippen molar-refractivity contribution in [1.29, 1.82) is 0 Å². The summed E-state index contributed by atoms with van der Waals surface area (Å²) < 4.78 is 9.60. The Morgan fingerprint density at radius 2 is 1.83 bits per heavy atom. The molecule has 0 aromatic heterocycles. The summed E-state index contributed by atoms with van der Waals surface area (Å²) in [6.07, 6.45) is 0.678. The van der Waals surface area contributed by atoms with Gasteiger partial charge in [0, 0.05) is 0 Å². The van der Waals surface area contributed by atoms with E-state index in [0.717, 1.165) is 0 Å². The number of amides is 1. The molecule has 0 radical (unpaired) electrons. The van der Waals surface area contributed by atoms with Gasteiger partial charge in [0.2, 0.25) is 0 Å². The van der Waals surface area contributed by atoms with Crippen molar-refractivity contribution in [1.82, 2.24) is 5.32 Å². The third-order valence-electron chi connectivity index (χ3n) is 3.69. The molecule has 1 aromatic rings. The molecule has 132 valence electrons. The number of nitrogens with one attached hydrogen (secondary N) is 1. The van der Waals surface area contributed by atoms with Gasteiger partial charge in [-0.15, -0.1) is 0 Å². The number of hydrogen-bond donors (Lipinski definition) is 2. The molecule has 0 heterocycles. The summed E-state index contributed by atoms with van der Waals surface area (Å²) in [4.78, 5) is 35.5. The van der Waals surface area contributed by atoms with E-state index in [1.54, 1.807) is 12.1 Å². The third-order valence-corrected chi connectivity index (χ3v) is 3.69. The molecule has 1 rings (SSSR count). The van der Waals surface area contributed by atoms with Crippen molar-refractivity contribution in [3.05, 3.63) is 35.4 Å². The van der Waals surface area contributed by atoms with Crippen LogP contribution in [0, 0.1) is 5.92 Å². The maximum absolute atomic E-state index is 11.9. The second kappa shape index (κ2) is 9.67. The van der Waals surface area contributed by atoms with Crippen LogP contribution in [-0.4, -0.2) is 42.7 Å². The molecule has 7 nitrogen and oxygen atoms in total. The molecule has 0 saturated heterocycles. The van der Waals surface area contributed by atoms with E-state index in [-0.39, 0.29) is 18.1 Å². The van der Waals surface area contributed by atoms with Crippen LogP contribution in [-0.2, 0) is 25.7 Å². The Morgan fingerprint density at radius 1 is 1.21 bits per heavy atom. The van der Waals surface area contributed by atoms with Gasteiger partial charge in [-0.3, -0.25) is 4.79 Å². The fraction of sp³-hybridized carbons (Fsp3) is 0.471. The van der Waals surface area contributed by atoms with Crippen molar-refractivity contribution in [3.63, 3.8) is 0 Å². The number of aliphatic hydroxyl groups excluding tert-OH is 1. The zero-order valence-electron chi connectivity index (χ0n) is 14.1. The van der Waals surface area contributed by atoms with Crippen molar-refractivity contribution in [2.24, 2.45) is 5.92 Å². The Kier molecular flexibility index (Phi) is 7.91. The van der Waals surface area contributed by atoms with Crippen LogP contribution in [0.5, 0.6) is 0 Å². The van der Waals surface area contributed by atoms with E-state index in [0.29, 0.717) is 12.0 Å². The van der Waals surface area contributed by atoms with Crippen molar-refractivity contribution < 1.29 is 29.0 Å². The average Bonchev–Trinajstić information content (AvgIpc) is 2.62. The second-order valence-corrected chi connectivity index (χ2v) is 5.39. The lowest BCUT2D eigenvalue weighted by molar-refractivity contribution is -0.147. The number of esters is 2. The Hall–Kier alpha value is -2.41. The first-order chi connectivity index (χ1) is 11.4. The summed E-state index contributed by atoms with van der Waals surface area (Å²) in [6, 6.07) is 5.40. The van der Waals surface area contributed by atoms with E-state index in [4.69, 9.17) is 9.84 Å². The quantitative estimate of drug-likeness (QED) is 0.687. The van der Waals surface area contributed by atoms with Crippen LogP contribution in [0.25, 0.3) is 0 Å². The molecule has 2 unspecified atom stereocenters. The van der Waals surface area contributed by atoms with E-state index < -0.39 is 30.5 Å². The monoisotopic (exact) mass is 337 g/mol. The summed E-state index contributed by atoms with van der Waals surface area (Å²) in [7, 11) is 1.25. The molecular weight excluding hydrogens is 314 g/mol. The molecule has 0 spiro atoms. The van der Waals surface area contributed by atoms with Crippen LogP contribution in [0.15, 0.2) is 24.3 Å². The van der Waals surface area contributed by atoms with Gasteiger partial charge in [-0.2, -0.15) is 0 Å². The maximum Gasteiger partial charge on any atom is 0.338 e. The highest BCUT2D eigenvalue weighted by molar-refractivity contribution is 5.92. The number of ether oxygens (including phenoxy) is 2. The van der Waals surface area contributed by atoms with Gasteiger partial charge in [0.1, 0.15) is 6.04 Å². The van der Waals surface area contributed by atoms with Gasteiger partial charge >= 0.3 is 11.9 Å². The van der Waals surface area contributed by atoms with E-state index in [2.05, 4.69) is 10.1 Å². The molecule has 0 aliphatic carbocycles. The highest BCUT2D eigenvalue weighted by Gasteiger charge is 2.27. The van der Waals surface area contributed by atoms with Gasteiger partial charge in [0.25, 0.3) is 5.91 Å². The van der Waals surface area contributed by atoms with Gasteiger partial charge in [-0.25, -0.2) is 9.59 Å². The predicted molar refractivity (Wildman–Crippen MR) is 86.0 cm³/mol. The summed E-state index contributed by atoms with van der Waals surface area (Å²) in [5.74, 6) is -1.88. The standard InChI is InChI=1S/C17H23NO6/c1-4-11(2)15(17(22)23-3)18-14(20)10-24-16(21)13-7-5-12(9-19)6-8-13/h5-8,11,15,19H,4,9-10H2,1-3H3,(H,18,20). The van der Waals surface area contributed by atoms with Crippen LogP contribution >= 0.6 is 0 Å². The largest absolute Gasteiger partial charge is 0.467 e. The Morgan fingerprint density at radius 3 is 2.33 bits per heavy atom. The Balaban J connectivity index is 2.57. The minimum atomic E-state index is -0.782. The van der Waals surface area contributed by atoms with Crippen molar-refractivity contribution in [3.8, 4) is 0 Å². The molecule has 0 bridgehead atoms. The molecule has 7 heteroatoms. The first-order valence-electron chi connectivity index (χ1n) is 7.67. The number of carbonyl (C=O) groups excluding carboxylic acids is 3. The number of benzene rings is 1. The van der Waals surface area contributed by atoms with E-state index in [1.165, 1.54) is 19.2 Å². The first kappa shape index (κ1) is 19.6.